The molecule has 2 aromatic carbocycles. The molecule has 0 aliphatic carbocycles. The molecule has 22 heavy (non-hydrogen) atoms. The van der Waals surface area contributed by atoms with Gasteiger partial charge in [0.25, 0.3) is 0 Å². The number of aryl methyl sites for hydroxylation is 2. The van der Waals surface area contributed by atoms with E-state index < -0.39 is 22.4 Å². The first-order valence-electron chi connectivity index (χ1n) is 6.66. The lowest BCUT2D eigenvalue weighted by Crippen LogP contribution is -2.10. The second-order valence-corrected chi connectivity index (χ2v) is 4.83. The fourth-order valence-corrected chi connectivity index (χ4v) is 1.90. The predicted molar refractivity (Wildman–Crippen MR) is 78.2 cm³/mol. The Hall–Kier alpha value is -2.76. The standard InChI is InChI=1S/C16H14FNO4/c1-11-2-4-12(5-3-11)6-9-16(19)22-15-10-13(17)7-8-14(15)18(20)21/h2-5,7-8,10H,6,9H2,1H3. The van der Waals surface area contributed by atoms with Crippen molar-refractivity contribution in [2.45, 2.75) is 19.8 Å². The monoisotopic (exact) mass is 303 g/mol. The van der Waals surface area contributed by atoms with Crippen molar-refractivity contribution >= 4 is 11.7 Å². The van der Waals surface area contributed by atoms with Crippen LogP contribution in [-0.4, -0.2) is 10.9 Å². The van der Waals surface area contributed by atoms with Gasteiger partial charge in [-0.05, 0) is 25.0 Å². The molecular weight excluding hydrogens is 289 g/mol. The number of rotatable bonds is 5. The van der Waals surface area contributed by atoms with Crippen molar-refractivity contribution in [2.24, 2.45) is 0 Å². The summed E-state index contributed by atoms with van der Waals surface area (Å²) in [4.78, 5) is 21.9. The van der Waals surface area contributed by atoms with Crippen LogP contribution < -0.4 is 4.74 Å². The summed E-state index contributed by atoms with van der Waals surface area (Å²) in [6, 6.07) is 10.4. The fraction of sp³-hybridized carbons (Fsp3) is 0.188. The third-order valence-corrected chi connectivity index (χ3v) is 3.08. The van der Waals surface area contributed by atoms with Crippen molar-refractivity contribution in [3.63, 3.8) is 0 Å². The van der Waals surface area contributed by atoms with Gasteiger partial charge in [-0.15, -0.1) is 0 Å². The topological polar surface area (TPSA) is 69.4 Å². The Kier molecular flexibility index (Phi) is 4.83. The molecule has 2 rings (SSSR count). The van der Waals surface area contributed by atoms with Gasteiger partial charge in [0.05, 0.1) is 4.92 Å². The molecule has 0 N–H and O–H groups in total. The van der Waals surface area contributed by atoms with Crippen LogP contribution in [0.5, 0.6) is 5.75 Å². The Bertz CT molecular complexity index is 698. The van der Waals surface area contributed by atoms with Crippen LogP contribution in [0.2, 0.25) is 0 Å². The molecular formula is C16H14FNO4. The van der Waals surface area contributed by atoms with Crippen LogP contribution in [0.25, 0.3) is 0 Å². The van der Waals surface area contributed by atoms with Gasteiger partial charge in [-0.25, -0.2) is 4.39 Å². The minimum Gasteiger partial charge on any atom is -0.419 e. The third-order valence-electron chi connectivity index (χ3n) is 3.08. The predicted octanol–water partition coefficient (Wildman–Crippen LogP) is 3.58. The minimum atomic E-state index is -0.720. The van der Waals surface area contributed by atoms with Crippen molar-refractivity contribution < 1.29 is 18.8 Å². The number of nitro groups is 1. The van der Waals surface area contributed by atoms with Gasteiger partial charge in [0, 0.05) is 18.6 Å². The lowest BCUT2D eigenvalue weighted by Gasteiger charge is -2.05. The van der Waals surface area contributed by atoms with E-state index in [0.717, 1.165) is 29.3 Å². The van der Waals surface area contributed by atoms with Crippen molar-refractivity contribution in [1.82, 2.24) is 0 Å². The molecule has 5 nitrogen and oxygen atoms in total. The Morgan fingerprint density at radius 2 is 1.91 bits per heavy atom. The normalized spacial score (nSPS) is 10.3. The molecule has 6 heteroatoms. The zero-order chi connectivity index (χ0) is 16.1. The number of esters is 1. The zero-order valence-corrected chi connectivity index (χ0v) is 11.9. The molecule has 0 unspecified atom stereocenters. The Morgan fingerprint density at radius 3 is 2.55 bits per heavy atom. The largest absolute Gasteiger partial charge is 0.419 e. The van der Waals surface area contributed by atoms with E-state index in [4.69, 9.17) is 4.74 Å². The van der Waals surface area contributed by atoms with E-state index in [1.165, 1.54) is 0 Å². The van der Waals surface area contributed by atoms with Gasteiger partial charge in [0.1, 0.15) is 5.82 Å². The fourth-order valence-electron chi connectivity index (χ4n) is 1.90. The van der Waals surface area contributed by atoms with Crippen LogP contribution in [0.1, 0.15) is 17.5 Å². The van der Waals surface area contributed by atoms with Crippen molar-refractivity contribution in [3.8, 4) is 5.75 Å². The highest BCUT2D eigenvalue weighted by molar-refractivity contribution is 5.74. The first-order valence-corrected chi connectivity index (χ1v) is 6.66. The van der Waals surface area contributed by atoms with Crippen LogP contribution in [0, 0.1) is 22.9 Å². The minimum absolute atomic E-state index is 0.0523. The smallest absolute Gasteiger partial charge is 0.311 e. The molecule has 0 heterocycles. The van der Waals surface area contributed by atoms with Crippen molar-refractivity contribution in [3.05, 3.63) is 69.5 Å². The molecule has 0 saturated heterocycles. The lowest BCUT2D eigenvalue weighted by atomic mass is 10.1. The number of nitrogens with zero attached hydrogens (tertiary/aromatic N) is 1. The molecule has 0 aliphatic heterocycles. The summed E-state index contributed by atoms with van der Waals surface area (Å²) in [6.07, 6.45) is 0.499. The second kappa shape index (κ2) is 6.80. The molecule has 114 valence electrons. The molecule has 2 aromatic rings. The maximum absolute atomic E-state index is 13.1. The third kappa shape index (κ3) is 4.12. The van der Waals surface area contributed by atoms with Gasteiger partial charge in [0.2, 0.25) is 5.75 Å². The van der Waals surface area contributed by atoms with Gasteiger partial charge in [-0.3, -0.25) is 14.9 Å². The number of carbonyl (C=O) groups excluding carboxylic acids is 1. The first kappa shape index (κ1) is 15.6. The van der Waals surface area contributed by atoms with Gasteiger partial charge in [-0.2, -0.15) is 0 Å². The highest BCUT2D eigenvalue weighted by Gasteiger charge is 2.18. The van der Waals surface area contributed by atoms with E-state index in [1.54, 1.807) is 0 Å². The second-order valence-electron chi connectivity index (χ2n) is 4.83. The molecule has 0 atom stereocenters. The number of halogens is 1. The van der Waals surface area contributed by atoms with Crippen LogP contribution in [0.15, 0.2) is 42.5 Å². The summed E-state index contributed by atoms with van der Waals surface area (Å²) in [5.41, 5.74) is 1.63. The van der Waals surface area contributed by atoms with Gasteiger partial charge in [-0.1, -0.05) is 29.8 Å². The van der Waals surface area contributed by atoms with Crippen molar-refractivity contribution in [1.29, 1.82) is 0 Å². The average molecular weight is 303 g/mol. The molecule has 0 spiro atoms. The summed E-state index contributed by atoms with van der Waals surface area (Å²) in [7, 11) is 0. The van der Waals surface area contributed by atoms with Crippen LogP contribution in [0.3, 0.4) is 0 Å². The summed E-state index contributed by atoms with van der Waals surface area (Å²) in [6.45, 7) is 1.96. The van der Waals surface area contributed by atoms with Gasteiger partial charge >= 0.3 is 11.7 Å². The summed E-state index contributed by atoms with van der Waals surface area (Å²) >= 11 is 0. The zero-order valence-electron chi connectivity index (χ0n) is 11.9. The molecule has 0 amide bonds. The van der Waals surface area contributed by atoms with E-state index in [-0.39, 0.29) is 12.2 Å². The van der Waals surface area contributed by atoms with E-state index in [9.17, 15) is 19.3 Å². The van der Waals surface area contributed by atoms with E-state index in [0.29, 0.717) is 6.42 Å². The Balaban J connectivity index is 2.01. The Morgan fingerprint density at radius 1 is 1.23 bits per heavy atom. The van der Waals surface area contributed by atoms with E-state index in [1.807, 2.05) is 31.2 Å². The first-order chi connectivity index (χ1) is 10.5. The lowest BCUT2D eigenvalue weighted by molar-refractivity contribution is -0.385. The molecule has 0 saturated carbocycles. The van der Waals surface area contributed by atoms with E-state index in [2.05, 4.69) is 0 Å². The van der Waals surface area contributed by atoms with Crippen molar-refractivity contribution in [2.75, 3.05) is 0 Å². The molecule has 0 fully saturated rings. The summed E-state index contributed by atoms with van der Waals surface area (Å²) in [5, 5.41) is 10.8. The Labute approximate surface area is 126 Å². The number of hydrogen-bond donors (Lipinski definition) is 0. The average Bonchev–Trinajstić information content (AvgIpc) is 2.46. The number of nitro benzene ring substituents is 1. The summed E-state index contributed by atoms with van der Waals surface area (Å²) < 4.78 is 18.0. The summed E-state index contributed by atoms with van der Waals surface area (Å²) in [5.74, 6) is -1.72. The number of benzene rings is 2. The maximum Gasteiger partial charge on any atom is 0.311 e. The van der Waals surface area contributed by atoms with Gasteiger partial charge in [0.15, 0.2) is 0 Å². The molecule has 0 radical (unpaired) electrons. The number of carbonyl (C=O) groups is 1. The molecule has 0 aromatic heterocycles. The van der Waals surface area contributed by atoms with E-state index >= 15 is 0 Å². The van der Waals surface area contributed by atoms with Gasteiger partial charge < -0.3 is 4.74 Å². The highest BCUT2D eigenvalue weighted by atomic mass is 19.1. The maximum atomic E-state index is 13.1. The van der Waals surface area contributed by atoms with Crippen LogP contribution in [-0.2, 0) is 11.2 Å². The highest BCUT2D eigenvalue weighted by Crippen LogP contribution is 2.27. The van der Waals surface area contributed by atoms with Crippen LogP contribution >= 0.6 is 0 Å². The molecule has 0 bridgehead atoms. The van der Waals surface area contributed by atoms with Crippen LogP contribution in [0.4, 0.5) is 10.1 Å². The number of ether oxygens (including phenoxy) is 1. The SMILES string of the molecule is Cc1ccc(CCC(=O)Oc2cc(F)ccc2[N+](=O)[O-])cc1. The number of hydrogen-bond acceptors (Lipinski definition) is 4. The quantitative estimate of drug-likeness (QED) is 0.366. The molecule has 0 aliphatic rings.